The third-order valence-electron chi connectivity index (χ3n) is 2.61. The first-order valence-electron chi connectivity index (χ1n) is 6.58. The molecule has 6 heteroatoms. The Bertz CT molecular complexity index is 395. The van der Waals surface area contributed by atoms with Crippen molar-refractivity contribution in [3.8, 4) is 0 Å². The van der Waals surface area contributed by atoms with Crippen LogP contribution < -0.4 is 10.6 Å². The summed E-state index contributed by atoms with van der Waals surface area (Å²) in [5.74, 6) is -0.122. The largest absolute Gasteiger partial charge is 0.394 e. The van der Waals surface area contributed by atoms with Crippen LogP contribution in [0, 0.1) is 0 Å². The molecule has 0 aromatic heterocycles. The Morgan fingerprint density at radius 3 is 2.60 bits per heavy atom. The Balaban J connectivity index is 2.28. The number of aliphatic hydroxyl groups excluding tert-OH is 2. The molecule has 1 atom stereocenters. The summed E-state index contributed by atoms with van der Waals surface area (Å²) >= 11 is 0. The van der Waals surface area contributed by atoms with Crippen LogP contribution in [0.25, 0.3) is 0 Å². The topological polar surface area (TPSA) is 90.8 Å². The number of carbonyl (C=O) groups is 1. The molecule has 4 N–H and O–H groups in total. The molecule has 0 fully saturated rings. The van der Waals surface area contributed by atoms with Gasteiger partial charge in [0.15, 0.2) is 0 Å². The van der Waals surface area contributed by atoms with Gasteiger partial charge in [-0.3, -0.25) is 4.79 Å². The van der Waals surface area contributed by atoms with Crippen LogP contribution in [0.5, 0.6) is 0 Å². The molecule has 1 aromatic rings. The maximum Gasteiger partial charge on any atom is 0.221 e. The Labute approximate surface area is 118 Å². The highest BCUT2D eigenvalue weighted by Crippen LogP contribution is 2.15. The van der Waals surface area contributed by atoms with E-state index in [4.69, 9.17) is 9.84 Å². The summed E-state index contributed by atoms with van der Waals surface area (Å²) in [4.78, 5) is 10.9. The van der Waals surface area contributed by atoms with Gasteiger partial charge in [0.05, 0.1) is 25.9 Å². The van der Waals surface area contributed by atoms with Gasteiger partial charge in [-0.1, -0.05) is 12.1 Å². The Morgan fingerprint density at radius 1 is 1.30 bits per heavy atom. The molecule has 0 spiro atoms. The van der Waals surface area contributed by atoms with E-state index in [1.807, 2.05) is 0 Å². The highest BCUT2D eigenvalue weighted by Gasteiger charge is 2.06. The molecule has 0 radical (unpaired) electrons. The molecule has 1 amide bonds. The minimum absolute atomic E-state index is 0.0171. The number of hydrogen-bond donors (Lipinski definition) is 4. The van der Waals surface area contributed by atoms with Crippen LogP contribution in [-0.4, -0.2) is 49.0 Å². The van der Waals surface area contributed by atoms with Gasteiger partial charge in [-0.2, -0.15) is 0 Å². The highest BCUT2D eigenvalue weighted by atomic mass is 16.5. The van der Waals surface area contributed by atoms with E-state index < -0.39 is 6.10 Å². The molecule has 1 unspecified atom stereocenters. The van der Waals surface area contributed by atoms with Gasteiger partial charge in [-0.05, 0) is 17.7 Å². The summed E-state index contributed by atoms with van der Waals surface area (Å²) < 4.78 is 5.09. The molecule has 0 saturated heterocycles. The number of benzene rings is 1. The monoisotopic (exact) mass is 282 g/mol. The zero-order valence-electron chi connectivity index (χ0n) is 11.6. The van der Waals surface area contributed by atoms with E-state index in [-0.39, 0.29) is 12.5 Å². The molecule has 1 aromatic carbocycles. The Morgan fingerprint density at radius 2 is 2.00 bits per heavy atom. The Kier molecular flexibility index (Phi) is 7.82. The molecular formula is C14H22N2O4. The number of nitrogens with one attached hydrogen (secondary N) is 2. The molecule has 0 aliphatic carbocycles. The SMILES string of the molecule is CC(=O)Nc1ccc(C(O)CNCCOCCO)cc1. The van der Waals surface area contributed by atoms with Crippen LogP contribution >= 0.6 is 0 Å². The van der Waals surface area contributed by atoms with Crippen molar-refractivity contribution in [2.75, 3.05) is 38.2 Å². The number of carbonyl (C=O) groups excluding carboxylic acids is 1. The van der Waals surface area contributed by atoms with E-state index in [1.54, 1.807) is 24.3 Å². The van der Waals surface area contributed by atoms with Crippen molar-refractivity contribution in [1.29, 1.82) is 0 Å². The summed E-state index contributed by atoms with van der Waals surface area (Å²) in [5, 5.41) is 24.2. The summed E-state index contributed by atoms with van der Waals surface area (Å²) in [5.41, 5.74) is 1.49. The lowest BCUT2D eigenvalue weighted by atomic mass is 10.1. The summed E-state index contributed by atoms with van der Waals surface area (Å²) in [6.07, 6.45) is -0.612. The van der Waals surface area contributed by atoms with Gasteiger partial charge < -0.3 is 25.6 Å². The molecule has 1 rings (SSSR count). The lowest BCUT2D eigenvalue weighted by Gasteiger charge is -2.13. The van der Waals surface area contributed by atoms with Crippen molar-refractivity contribution in [3.63, 3.8) is 0 Å². The third kappa shape index (κ3) is 6.63. The van der Waals surface area contributed by atoms with Crippen LogP contribution in [0.4, 0.5) is 5.69 Å². The van der Waals surface area contributed by atoms with E-state index in [0.717, 1.165) is 5.56 Å². The van der Waals surface area contributed by atoms with Crippen LogP contribution in [0.2, 0.25) is 0 Å². The van der Waals surface area contributed by atoms with Crippen molar-refractivity contribution in [2.45, 2.75) is 13.0 Å². The average molecular weight is 282 g/mol. The van der Waals surface area contributed by atoms with Gasteiger partial charge >= 0.3 is 0 Å². The minimum atomic E-state index is -0.612. The number of ether oxygens (including phenoxy) is 1. The van der Waals surface area contributed by atoms with Crippen LogP contribution in [-0.2, 0) is 9.53 Å². The van der Waals surface area contributed by atoms with Gasteiger partial charge in [-0.25, -0.2) is 0 Å². The zero-order chi connectivity index (χ0) is 14.8. The van der Waals surface area contributed by atoms with Crippen LogP contribution in [0.15, 0.2) is 24.3 Å². The second-order valence-electron chi connectivity index (χ2n) is 4.36. The smallest absolute Gasteiger partial charge is 0.221 e. The van der Waals surface area contributed by atoms with E-state index in [1.165, 1.54) is 6.92 Å². The number of rotatable bonds is 9. The molecular weight excluding hydrogens is 260 g/mol. The standard InChI is InChI=1S/C14H22N2O4/c1-11(18)16-13-4-2-12(3-5-13)14(19)10-15-6-8-20-9-7-17/h2-5,14-15,17,19H,6-10H2,1H3,(H,16,18). The van der Waals surface area contributed by atoms with Crippen molar-refractivity contribution in [2.24, 2.45) is 0 Å². The van der Waals surface area contributed by atoms with Gasteiger partial charge in [0.1, 0.15) is 0 Å². The molecule has 0 heterocycles. The van der Waals surface area contributed by atoms with Crippen molar-refractivity contribution < 1.29 is 19.7 Å². The number of aliphatic hydroxyl groups is 2. The fourth-order valence-corrected chi connectivity index (χ4v) is 1.66. The van der Waals surface area contributed by atoms with Gasteiger partial charge in [0.2, 0.25) is 5.91 Å². The zero-order valence-corrected chi connectivity index (χ0v) is 11.6. The van der Waals surface area contributed by atoms with Gasteiger partial charge in [0, 0.05) is 25.7 Å². The highest BCUT2D eigenvalue weighted by molar-refractivity contribution is 5.88. The molecule has 0 saturated carbocycles. The molecule has 6 nitrogen and oxygen atoms in total. The first-order chi connectivity index (χ1) is 9.63. The van der Waals surface area contributed by atoms with Gasteiger partial charge in [-0.15, -0.1) is 0 Å². The van der Waals surface area contributed by atoms with Gasteiger partial charge in [0.25, 0.3) is 0 Å². The third-order valence-corrected chi connectivity index (χ3v) is 2.61. The minimum Gasteiger partial charge on any atom is -0.394 e. The predicted molar refractivity (Wildman–Crippen MR) is 76.5 cm³/mol. The average Bonchev–Trinajstić information content (AvgIpc) is 2.42. The number of anilines is 1. The second-order valence-corrected chi connectivity index (χ2v) is 4.36. The van der Waals surface area contributed by atoms with Crippen molar-refractivity contribution >= 4 is 11.6 Å². The molecule has 0 bridgehead atoms. The van der Waals surface area contributed by atoms with E-state index in [2.05, 4.69) is 10.6 Å². The molecule has 0 aliphatic rings. The van der Waals surface area contributed by atoms with E-state index >= 15 is 0 Å². The lowest BCUT2D eigenvalue weighted by molar-refractivity contribution is -0.114. The first kappa shape index (κ1) is 16.6. The maximum atomic E-state index is 10.9. The van der Waals surface area contributed by atoms with E-state index in [0.29, 0.717) is 32.0 Å². The lowest BCUT2D eigenvalue weighted by Crippen LogP contribution is -2.25. The first-order valence-corrected chi connectivity index (χ1v) is 6.58. The van der Waals surface area contributed by atoms with E-state index in [9.17, 15) is 9.90 Å². The normalized spacial score (nSPS) is 12.2. The van der Waals surface area contributed by atoms with Crippen molar-refractivity contribution in [1.82, 2.24) is 5.32 Å². The fraction of sp³-hybridized carbons (Fsp3) is 0.500. The summed E-state index contributed by atoms with van der Waals surface area (Å²) in [6.45, 7) is 3.32. The molecule has 20 heavy (non-hydrogen) atoms. The predicted octanol–water partition coefficient (Wildman–Crippen LogP) is 0.277. The molecule has 112 valence electrons. The Hall–Kier alpha value is -1.47. The molecule has 0 aliphatic heterocycles. The fourth-order valence-electron chi connectivity index (χ4n) is 1.66. The van der Waals surface area contributed by atoms with Crippen LogP contribution in [0.1, 0.15) is 18.6 Å². The number of amides is 1. The van der Waals surface area contributed by atoms with Crippen LogP contribution in [0.3, 0.4) is 0 Å². The number of hydrogen-bond acceptors (Lipinski definition) is 5. The second kappa shape index (κ2) is 9.44. The summed E-state index contributed by atoms with van der Waals surface area (Å²) in [7, 11) is 0. The quantitative estimate of drug-likeness (QED) is 0.488. The maximum absolute atomic E-state index is 10.9. The van der Waals surface area contributed by atoms with Crippen molar-refractivity contribution in [3.05, 3.63) is 29.8 Å². The summed E-state index contributed by atoms with van der Waals surface area (Å²) in [6, 6.07) is 7.06.